The zero-order chi connectivity index (χ0) is 39.9. The topological polar surface area (TPSA) is 25.3 Å². The molecule has 0 aromatic heterocycles. The Labute approximate surface area is 348 Å². The van der Waals surface area contributed by atoms with Gasteiger partial charge in [-0.05, 0) is 75.3 Å². The lowest BCUT2D eigenvalue weighted by Gasteiger charge is -2.11. The van der Waals surface area contributed by atoms with Crippen LogP contribution in [0.15, 0.2) is 59.7 Å². The van der Waals surface area contributed by atoms with Crippen molar-refractivity contribution < 1.29 is 4.70 Å². The number of unbranched alkanes of at least 4 members (excludes halogenated alkanes) is 28. The number of nitrogens with zero attached hydrogens (tertiary/aromatic N) is 2. The molecule has 2 aromatic rings. The van der Waals surface area contributed by atoms with Crippen LogP contribution < -0.4 is 0 Å². The fourth-order valence-corrected chi connectivity index (χ4v) is 8.98. The van der Waals surface area contributed by atoms with Gasteiger partial charge >= 0.3 is 0 Å². The van der Waals surface area contributed by atoms with Crippen molar-refractivity contribution in [2.24, 2.45) is 0 Å². The summed E-state index contributed by atoms with van der Waals surface area (Å²) in [4.78, 5) is 0. The van der Waals surface area contributed by atoms with E-state index in [1.54, 1.807) is 4.70 Å². The SMILES string of the molecule is CCCCCCCCCCCCCCCCCCCCCCCCCCCCCC1=C(c2cccc(CCCC)c2)[N+](=[N-])C(c2cccc(C)c2)=C1CCCC. The van der Waals surface area contributed by atoms with E-state index in [4.69, 9.17) is 0 Å². The Bertz CT molecular complexity index is 1380. The smallest absolute Gasteiger partial charge is 0.211 e. The number of aryl methyl sites for hydroxylation is 2. The van der Waals surface area contributed by atoms with E-state index in [9.17, 15) is 5.53 Å². The Hall–Kier alpha value is -2.48. The molecule has 1 heterocycles. The van der Waals surface area contributed by atoms with Gasteiger partial charge in [-0.25, -0.2) is 4.70 Å². The summed E-state index contributed by atoms with van der Waals surface area (Å²) in [6.45, 7) is 9.00. The predicted molar refractivity (Wildman–Crippen MR) is 248 cm³/mol. The number of hydrogen-bond acceptors (Lipinski definition) is 0. The van der Waals surface area contributed by atoms with Gasteiger partial charge in [0.2, 0.25) is 11.4 Å². The monoisotopic (exact) mass is 765 g/mol. The molecule has 0 aliphatic carbocycles. The first-order valence-corrected chi connectivity index (χ1v) is 24.7. The van der Waals surface area contributed by atoms with Gasteiger partial charge in [-0.15, -0.1) is 0 Å². The van der Waals surface area contributed by atoms with Crippen LogP contribution in [0.3, 0.4) is 0 Å². The Morgan fingerprint density at radius 3 is 1.12 bits per heavy atom. The molecule has 1 aliphatic heterocycles. The van der Waals surface area contributed by atoms with Crippen LogP contribution >= 0.6 is 0 Å². The molecule has 1 aliphatic rings. The van der Waals surface area contributed by atoms with Crippen LogP contribution in [-0.4, -0.2) is 4.70 Å². The molecule has 0 bridgehead atoms. The second kappa shape index (κ2) is 31.5. The summed E-state index contributed by atoms with van der Waals surface area (Å²) in [6.07, 6.45) is 46.4. The third-order valence-electron chi connectivity index (χ3n) is 12.5. The van der Waals surface area contributed by atoms with Crippen molar-refractivity contribution in [2.75, 3.05) is 0 Å². The molecular formula is C54H88N2. The molecule has 0 atom stereocenters. The first-order chi connectivity index (χ1) is 27.6. The summed E-state index contributed by atoms with van der Waals surface area (Å²) in [6, 6.07) is 17.7. The molecule has 3 rings (SSSR count). The van der Waals surface area contributed by atoms with Crippen molar-refractivity contribution in [3.63, 3.8) is 0 Å². The summed E-state index contributed by atoms with van der Waals surface area (Å²) in [5.41, 5.74) is 21.7. The van der Waals surface area contributed by atoms with Gasteiger partial charge < -0.3 is 5.53 Å². The van der Waals surface area contributed by atoms with Crippen molar-refractivity contribution >= 4 is 11.4 Å². The van der Waals surface area contributed by atoms with Crippen LogP contribution in [0.5, 0.6) is 0 Å². The van der Waals surface area contributed by atoms with E-state index in [0.29, 0.717) is 0 Å². The number of hydrogen-bond donors (Lipinski definition) is 0. The molecule has 0 saturated heterocycles. The minimum Gasteiger partial charge on any atom is -0.493 e. The molecule has 0 amide bonds. The van der Waals surface area contributed by atoms with Gasteiger partial charge in [0.25, 0.3) is 0 Å². The minimum absolute atomic E-state index is 1.01. The number of allylic oxidation sites excluding steroid dienone is 2. The first kappa shape index (κ1) is 47.9. The summed E-state index contributed by atoms with van der Waals surface area (Å²) in [5.74, 6) is 0. The zero-order valence-electron chi connectivity index (χ0n) is 37.6. The molecule has 56 heavy (non-hydrogen) atoms. The van der Waals surface area contributed by atoms with Gasteiger partial charge in [-0.1, -0.05) is 230 Å². The normalized spacial score (nSPS) is 13.2. The summed E-state index contributed by atoms with van der Waals surface area (Å²) in [5, 5.41) is 0. The largest absolute Gasteiger partial charge is 0.493 e. The van der Waals surface area contributed by atoms with Gasteiger partial charge in [0, 0.05) is 22.3 Å². The summed E-state index contributed by atoms with van der Waals surface area (Å²) >= 11 is 0. The molecule has 0 radical (unpaired) electrons. The van der Waals surface area contributed by atoms with Crippen LogP contribution in [0.2, 0.25) is 0 Å². The van der Waals surface area contributed by atoms with Crippen molar-refractivity contribution in [2.45, 2.75) is 246 Å². The third kappa shape index (κ3) is 19.3. The second-order valence-corrected chi connectivity index (χ2v) is 17.7. The predicted octanol–water partition coefficient (Wildman–Crippen LogP) is 18.6. The maximum Gasteiger partial charge on any atom is 0.211 e. The molecule has 2 aromatic carbocycles. The molecule has 0 saturated carbocycles. The highest BCUT2D eigenvalue weighted by Crippen LogP contribution is 2.44. The quantitative estimate of drug-likeness (QED) is 0.0488. The fraction of sp³-hybridized carbons (Fsp3) is 0.704. The highest BCUT2D eigenvalue weighted by molar-refractivity contribution is 5.82. The van der Waals surface area contributed by atoms with Gasteiger partial charge in [0.1, 0.15) is 0 Å². The Kier molecular flexibility index (Phi) is 26.9. The van der Waals surface area contributed by atoms with Gasteiger partial charge in [-0.2, -0.15) is 0 Å². The van der Waals surface area contributed by atoms with Crippen molar-refractivity contribution in [3.05, 3.63) is 87.5 Å². The standard InChI is InChI=1S/C54H88N2/c1-5-8-11-12-13-14-15-16-17-18-19-20-21-22-23-24-25-26-27-28-29-30-31-32-33-34-35-44-52-51(43-10-7-3)53(49-41-36-38-47(4)45-49)56(55)54(52)50-42-37-40-48(46-50)39-9-6-2/h36-38,40-42,45-46H,5-35,39,43-44H2,1-4H3. The maximum atomic E-state index is 12.0. The lowest BCUT2D eigenvalue weighted by molar-refractivity contribution is -0.345. The minimum atomic E-state index is 1.01. The van der Waals surface area contributed by atoms with Crippen LogP contribution in [0.4, 0.5) is 0 Å². The summed E-state index contributed by atoms with van der Waals surface area (Å²) < 4.78 is 1.56. The molecular weight excluding hydrogens is 677 g/mol. The van der Waals surface area contributed by atoms with Gasteiger partial charge in [-0.3, -0.25) is 0 Å². The number of benzene rings is 2. The highest BCUT2D eigenvalue weighted by atomic mass is 15.2. The summed E-state index contributed by atoms with van der Waals surface area (Å²) in [7, 11) is 0. The van der Waals surface area contributed by atoms with E-state index >= 15 is 0 Å². The fourth-order valence-electron chi connectivity index (χ4n) is 8.98. The molecule has 314 valence electrons. The average Bonchev–Trinajstić information content (AvgIpc) is 3.49. The van der Waals surface area contributed by atoms with Gasteiger partial charge in [0.15, 0.2) is 0 Å². The van der Waals surface area contributed by atoms with E-state index in [0.717, 1.165) is 54.6 Å². The van der Waals surface area contributed by atoms with Crippen molar-refractivity contribution in [1.29, 1.82) is 0 Å². The average molecular weight is 765 g/mol. The zero-order valence-corrected chi connectivity index (χ0v) is 37.6. The first-order valence-electron chi connectivity index (χ1n) is 24.7. The van der Waals surface area contributed by atoms with E-state index in [1.807, 2.05) is 0 Å². The molecule has 2 heteroatoms. The third-order valence-corrected chi connectivity index (χ3v) is 12.5. The van der Waals surface area contributed by atoms with E-state index in [1.165, 1.54) is 208 Å². The van der Waals surface area contributed by atoms with Crippen LogP contribution in [-0.2, 0) is 6.42 Å². The second-order valence-electron chi connectivity index (χ2n) is 17.7. The molecule has 0 unspecified atom stereocenters. The Morgan fingerprint density at radius 1 is 0.375 bits per heavy atom. The van der Waals surface area contributed by atoms with Crippen LogP contribution in [0.1, 0.15) is 255 Å². The Morgan fingerprint density at radius 2 is 0.714 bits per heavy atom. The maximum absolute atomic E-state index is 12.0. The lowest BCUT2D eigenvalue weighted by atomic mass is 9.91. The Balaban J connectivity index is 1.28. The molecule has 0 N–H and O–H groups in total. The van der Waals surface area contributed by atoms with Crippen LogP contribution in [0.25, 0.3) is 16.9 Å². The van der Waals surface area contributed by atoms with Crippen LogP contribution in [0, 0.1) is 6.92 Å². The lowest BCUT2D eigenvalue weighted by Crippen LogP contribution is -2.03. The van der Waals surface area contributed by atoms with Crippen molar-refractivity contribution in [3.8, 4) is 0 Å². The van der Waals surface area contributed by atoms with Crippen molar-refractivity contribution in [1.82, 2.24) is 0 Å². The van der Waals surface area contributed by atoms with E-state index in [-0.39, 0.29) is 0 Å². The van der Waals surface area contributed by atoms with Gasteiger partial charge in [0.05, 0.1) is 0 Å². The molecule has 2 nitrogen and oxygen atoms in total. The highest BCUT2D eigenvalue weighted by Gasteiger charge is 2.35. The molecule has 0 spiro atoms. The van der Waals surface area contributed by atoms with E-state index < -0.39 is 0 Å². The number of rotatable bonds is 36. The van der Waals surface area contributed by atoms with E-state index in [2.05, 4.69) is 76.2 Å². The molecule has 0 fully saturated rings.